The lowest BCUT2D eigenvalue weighted by atomic mass is 9.97. The fourth-order valence-electron chi connectivity index (χ4n) is 3.57. The minimum absolute atomic E-state index is 0.0104. The monoisotopic (exact) mass is 379 g/mol. The Morgan fingerprint density at radius 2 is 1.71 bits per heavy atom. The van der Waals surface area contributed by atoms with Crippen LogP contribution in [0.2, 0.25) is 0 Å². The van der Waals surface area contributed by atoms with Crippen LogP contribution in [0.5, 0.6) is 0 Å². The van der Waals surface area contributed by atoms with Gasteiger partial charge < -0.3 is 15.1 Å². The molecule has 0 saturated heterocycles. The van der Waals surface area contributed by atoms with Crippen molar-refractivity contribution in [2.75, 3.05) is 25.0 Å². The van der Waals surface area contributed by atoms with Crippen molar-refractivity contribution in [1.29, 1.82) is 0 Å². The molecule has 0 aliphatic carbocycles. The number of anilines is 1. The Hall–Kier alpha value is -2.82. The lowest BCUT2D eigenvalue weighted by Crippen LogP contribution is -2.52. The van der Waals surface area contributed by atoms with Crippen molar-refractivity contribution in [1.82, 2.24) is 10.2 Å². The van der Waals surface area contributed by atoms with Crippen LogP contribution in [0.4, 0.5) is 5.69 Å². The first-order chi connectivity index (χ1) is 13.5. The first-order valence-electron chi connectivity index (χ1n) is 9.95. The maximum absolute atomic E-state index is 13.4. The molecule has 28 heavy (non-hydrogen) atoms. The minimum Gasteiger partial charge on any atom is -0.373 e. The molecule has 2 aromatic carbocycles. The topological polar surface area (TPSA) is 52.7 Å². The van der Waals surface area contributed by atoms with Gasteiger partial charge in [0.1, 0.15) is 6.04 Å². The molecule has 5 nitrogen and oxygen atoms in total. The van der Waals surface area contributed by atoms with Crippen LogP contribution >= 0.6 is 0 Å². The third-order valence-electron chi connectivity index (χ3n) is 5.58. The van der Waals surface area contributed by atoms with Gasteiger partial charge in [0.15, 0.2) is 0 Å². The summed E-state index contributed by atoms with van der Waals surface area (Å²) in [4.78, 5) is 30.2. The third-order valence-corrected chi connectivity index (χ3v) is 5.58. The number of para-hydroxylation sites is 1. The number of rotatable bonds is 5. The molecule has 0 spiro atoms. The number of fused-ring (bicyclic) bond motifs is 1. The van der Waals surface area contributed by atoms with Gasteiger partial charge in [-0.2, -0.15) is 0 Å². The Labute approximate surface area is 167 Å². The standard InChI is InChI=1S/C23H29N3O2/c1-4-17(2)21(24-22(27)18-10-6-5-7-11-18)23(28)26-15-14-25(3)20-13-9-8-12-19(20)16-26/h5-13,17,21H,4,14-16H2,1-3H3,(H,24,27). The molecule has 1 heterocycles. The molecule has 2 aromatic rings. The third kappa shape index (κ3) is 4.35. The lowest BCUT2D eigenvalue weighted by molar-refractivity contribution is -0.135. The predicted molar refractivity (Wildman–Crippen MR) is 112 cm³/mol. The molecule has 0 saturated carbocycles. The molecular formula is C23H29N3O2. The van der Waals surface area contributed by atoms with Crippen LogP contribution in [0.3, 0.4) is 0 Å². The summed E-state index contributed by atoms with van der Waals surface area (Å²) in [5, 5.41) is 2.99. The zero-order valence-electron chi connectivity index (χ0n) is 16.9. The number of carbonyl (C=O) groups excluding carboxylic acids is 2. The first kappa shape index (κ1) is 19.9. The zero-order valence-corrected chi connectivity index (χ0v) is 16.9. The van der Waals surface area contributed by atoms with Gasteiger partial charge in [0.25, 0.3) is 5.91 Å². The van der Waals surface area contributed by atoms with E-state index in [-0.39, 0.29) is 17.7 Å². The Kier molecular flexibility index (Phi) is 6.34. The van der Waals surface area contributed by atoms with E-state index in [0.717, 1.165) is 24.2 Å². The molecule has 1 N–H and O–H groups in total. The molecule has 2 atom stereocenters. The molecule has 3 rings (SSSR count). The van der Waals surface area contributed by atoms with E-state index in [1.165, 1.54) is 0 Å². The molecule has 2 amide bonds. The van der Waals surface area contributed by atoms with E-state index >= 15 is 0 Å². The number of nitrogens with zero attached hydrogens (tertiary/aromatic N) is 2. The molecule has 1 aliphatic heterocycles. The number of hydrogen-bond donors (Lipinski definition) is 1. The average molecular weight is 380 g/mol. The molecule has 2 unspecified atom stereocenters. The van der Waals surface area contributed by atoms with Crippen LogP contribution < -0.4 is 10.2 Å². The van der Waals surface area contributed by atoms with Crippen LogP contribution in [0.1, 0.15) is 36.2 Å². The fraction of sp³-hybridized carbons (Fsp3) is 0.391. The summed E-state index contributed by atoms with van der Waals surface area (Å²) in [6.45, 7) is 6.03. The van der Waals surface area contributed by atoms with Gasteiger partial charge in [0, 0.05) is 37.9 Å². The normalized spacial score (nSPS) is 16.0. The number of amides is 2. The Bertz CT molecular complexity index is 822. The second kappa shape index (κ2) is 8.91. The van der Waals surface area contributed by atoms with Crippen molar-refractivity contribution in [2.24, 2.45) is 5.92 Å². The number of hydrogen-bond acceptors (Lipinski definition) is 3. The van der Waals surface area contributed by atoms with E-state index in [9.17, 15) is 9.59 Å². The second-order valence-electron chi connectivity index (χ2n) is 7.51. The number of benzene rings is 2. The van der Waals surface area contributed by atoms with E-state index in [2.05, 4.69) is 29.4 Å². The molecule has 0 fully saturated rings. The molecule has 0 aromatic heterocycles. The molecule has 0 radical (unpaired) electrons. The summed E-state index contributed by atoms with van der Waals surface area (Å²) in [5.74, 6) is -0.160. The van der Waals surface area contributed by atoms with Crippen molar-refractivity contribution in [3.63, 3.8) is 0 Å². The van der Waals surface area contributed by atoms with E-state index in [1.54, 1.807) is 12.1 Å². The average Bonchev–Trinajstić information content (AvgIpc) is 2.90. The van der Waals surface area contributed by atoms with Crippen molar-refractivity contribution >= 4 is 17.5 Å². The van der Waals surface area contributed by atoms with E-state index in [0.29, 0.717) is 18.7 Å². The summed E-state index contributed by atoms with van der Waals surface area (Å²) < 4.78 is 0. The number of nitrogens with one attached hydrogen (secondary N) is 1. The summed E-state index contributed by atoms with van der Waals surface area (Å²) in [6.07, 6.45) is 0.815. The highest BCUT2D eigenvalue weighted by molar-refractivity contribution is 5.97. The van der Waals surface area contributed by atoms with Gasteiger partial charge in [-0.1, -0.05) is 56.7 Å². The van der Waals surface area contributed by atoms with E-state index in [4.69, 9.17) is 0 Å². The Morgan fingerprint density at radius 1 is 1.04 bits per heavy atom. The van der Waals surface area contributed by atoms with Crippen LogP contribution in [0, 0.1) is 5.92 Å². The second-order valence-corrected chi connectivity index (χ2v) is 7.51. The molecule has 1 aliphatic rings. The van der Waals surface area contributed by atoms with Crippen LogP contribution in [0.25, 0.3) is 0 Å². The van der Waals surface area contributed by atoms with Gasteiger partial charge in [0.05, 0.1) is 0 Å². The van der Waals surface area contributed by atoms with Crippen molar-refractivity contribution < 1.29 is 9.59 Å². The molecule has 5 heteroatoms. The Balaban J connectivity index is 1.81. The zero-order chi connectivity index (χ0) is 20.1. The van der Waals surface area contributed by atoms with Gasteiger partial charge in [-0.05, 0) is 29.7 Å². The van der Waals surface area contributed by atoms with Gasteiger partial charge in [0.2, 0.25) is 5.91 Å². The fourth-order valence-corrected chi connectivity index (χ4v) is 3.57. The van der Waals surface area contributed by atoms with E-state index < -0.39 is 6.04 Å². The SMILES string of the molecule is CCC(C)C(NC(=O)c1ccccc1)C(=O)N1CCN(C)c2ccccc2C1. The van der Waals surface area contributed by atoms with Crippen molar-refractivity contribution in [2.45, 2.75) is 32.9 Å². The Morgan fingerprint density at radius 3 is 2.43 bits per heavy atom. The summed E-state index contributed by atoms with van der Waals surface area (Å²) in [5.41, 5.74) is 2.86. The first-order valence-corrected chi connectivity index (χ1v) is 9.95. The highest BCUT2D eigenvalue weighted by Crippen LogP contribution is 2.24. The minimum atomic E-state index is -0.534. The maximum Gasteiger partial charge on any atom is 0.251 e. The molecular weight excluding hydrogens is 350 g/mol. The smallest absolute Gasteiger partial charge is 0.251 e. The maximum atomic E-state index is 13.4. The largest absolute Gasteiger partial charge is 0.373 e. The van der Waals surface area contributed by atoms with Gasteiger partial charge in [-0.15, -0.1) is 0 Å². The van der Waals surface area contributed by atoms with Gasteiger partial charge in [-0.3, -0.25) is 9.59 Å². The van der Waals surface area contributed by atoms with Gasteiger partial charge in [-0.25, -0.2) is 0 Å². The van der Waals surface area contributed by atoms with Crippen LogP contribution in [-0.2, 0) is 11.3 Å². The summed E-state index contributed by atoms with van der Waals surface area (Å²) in [6, 6.07) is 16.7. The number of carbonyl (C=O) groups is 2. The van der Waals surface area contributed by atoms with Crippen LogP contribution in [0.15, 0.2) is 54.6 Å². The number of likely N-dealkylation sites (N-methyl/N-ethyl adjacent to an activating group) is 1. The molecule has 0 bridgehead atoms. The lowest BCUT2D eigenvalue weighted by Gasteiger charge is -2.30. The molecule has 148 valence electrons. The van der Waals surface area contributed by atoms with Crippen LogP contribution in [-0.4, -0.2) is 42.9 Å². The van der Waals surface area contributed by atoms with E-state index in [1.807, 2.05) is 49.1 Å². The van der Waals surface area contributed by atoms with Crippen molar-refractivity contribution in [3.8, 4) is 0 Å². The highest BCUT2D eigenvalue weighted by atomic mass is 16.2. The predicted octanol–water partition coefficient (Wildman–Crippen LogP) is 3.31. The quantitative estimate of drug-likeness (QED) is 0.867. The van der Waals surface area contributed by atoms with Gasteiger partial charge >= 0.3 is 0 Å². The summed E-state index contributed by atoms with van der Waals surface area (Å²) >= 11 is 0. The highest BCUT2D eigenvalue weighted by Gasteiger charge is 2.31. The van der Waals surface area contributed by atoms with Crippen molar-refractivity contribution in [3.05, 3.63) is 65.7 Å². The summed E-state index contributed by atoms with van der Waals surface area (Å²) in [7, 11) is 2.05.